The summed E-state index contributed by atoms with van der Waals surface area (Å²) in [6.45, 7) is 5.91. The third-order valence-corrected chi connectivity index (χ3v) is 3.27. The number of hydrogen-bond donors (Lipinski definition) is 2. The highest BCUT2D eigenvalue weighted by molar-refractivity contribution is 6.04. The fraction of sp³-hybridized carbons (Fsp3) is 0.167. The Morgan fingerprint density at radius 3 is 2.48 bits per heavy atom. The minimum Gasteiger partial charge on any atom is -0.347 e. The van der Waals surface area contributed by atoms with E-state index in [0.29, 0.717) is 6.54 Å². The molecule has 0 atom stereocenters. The smallest absolute Gasteiger partial charge is 0.274 e. The number of hydrogen-bond acceptors (Lipinski definition) is 3. The van der Waals surface area contributed by atoms with E-state index in [4.69, 9.17) is 0 Å². The van der Waals surface area contributed by atoms with Gasteiger partial charge in [-0.25, -0.2) is 4.98 Å². The molecule has 5 nitrogen and oxygen atoms in total. The molecule has 2 aromatic rings. The van der Waals surface area contributed by atoms with Crippen LogP contribution in [0.2, 0.25) is 0 Å². The van der Waals surface area contributed by atoms with E-state index in [0.717, 1.165) is 17.7 Å². The Labute approximate surface area is 135 Å². The van der Waals surface area contributed by atoms with Gasteiger partial charge in [-0.05, 0) is 30.2 Å². The Kier molecular flexibility index (Phi) is 5.63. The Bertz CT molecular complexity index is 726. The van der Waals surface area contributed by atoms with Crippen molar-refractivity contribution in [1.82, 2.24) is 10.3 Å². The van der Waals surface area contributed by atoms with E-state index in [1.54, 1.807) is 24.3 Å². The largest absolute Gasteiger partial charge is 0.347 e. The van der Waals surface area contributed by atoms with Gasteiger partial charge in [-0.1, -0.05) is 37.3 Å². The van der Waals surface area contributed by atoms with Gasteiger partial charge in [-0.3, -0.25) is 9.59 Å². The maximum Gasteiger partial charge on any atom is 0.274 e. The molecule has 0 radical (unpaired) electrons. The summed E-state index contributed by atoms with van der Waals surface area (Å²) >= 11 is 0. The van der Waals surface area contributed by atoms with Gasteiger partial charge in [0.25, 0.3) is 11.8 Å². The van der Waals surface area contributed by atoms with Crippen molar-refractivity contribution in [2.24, 2.45) is 0 Å². The molecule has 5 heteroatoms. The molecule has 2 N–H and O–H groups in total. The van der Waals surface area contributed by atoms with Gasteiger partial charge in [0.2, 0.25) is 0 Å². The van der Waals surface area contributed by atoms with Gasteiger partial charge in [0.1, 0.15) is 11.4 Å². The maximum absolute atomic E-state index is 12.3. The van der Waals surface area contributed by atoms with Crippen LogP contribution in [-0.2, 0) is 6.42 Å². The lowest BCUT2D eigenvalue weighted by atomic mass is 10.1. The third-order valence-electron chi connectivity index (χ3n) is 3.27. The molecule has 0 bridgehead atoms. The molecule has 1 heterocycles. The Morgan fingerprint density at radius 1 is 1.09 bits per heavy atom. The number of carbonyl (C=O) groups excluding carboxylic acids is 2. The van der Waals surface area contributed by atoms with Gasteiger partial charge in [0.05, 0.1) is 0 Å². The van der Waals surface area contributed by atoms with Gasteiger partial charge in [0, 0.05) is 12.2 Å². The van der Waals surface area contributed by atoms with Crippen LogP contribution in [-0.4, -0.2) is 23.3 Å². The molecule has 0 aliphatic heterocycles. The summed E-state index contributed by atoms with van der Waals surface area (Å²) in [7, 11) is 0. The van der Waals surface area contributed by atoms with Crippen molar-refractivity contribution in [2.75, 3.05) is 11.9 Å². The number of para-hydroxylation sites is 1. The molecule has 23 heavy (non-hydrogen) atoms. The first-order valence-corrected chi connectivity index (χ1v) is 7.41. The minimum atomic E-state index is -0.343. The quantitative estimate of drug-likeness (QED) is 0.806. The Morgan fingerprint density at radius 2 is 1.78 bits per heavy atom. The number of aromatic nitrogens is 1. The monoisotopic (exact) mass is 309 g/mol. The van der Waals surface area contributed by atoms with Crippen LogP contribution < -0.4 is 10.6 Å². The number of nitrogens with zero attached hydrogens (tertiary/aromatic N) is 1. The highest BCUT2D eigenvalue weighted by atomic mass is 16.2. The predicted molar refractivity (Wildman–Crippen MR) is 90.5 cm³/mol. The Balaban J connectivity index is 2.16. The van der Waals surface area contributed by atoms with Gasteiger partial charge < -0.3 is 10.6 Å². The molecule has 2 rings (SSSR count). The number of pyridine rings is 1. The predicted octanol–water partition coefficient (Wildman–Crippen LogP) is 2.81. The zero-order chi connectivity index (χ0) is 16.7. The summed E-state index contributed by atoms with van der Waals surface area (Å²) in [5.74, 6) is -0.683. The van der Waals surface area contributed by atoms with Crippen LogP contribution >= 0.6 is 0 Å². The summed E-state index contributed by atoms with van der Waals surface area (Å²) in [5, 5.41) is 5.47. The van der Waals surface area contributed by atoms with Crippen molar-refractivity contribution >= 4 is 17.5 Å². The Hall–Kier alpha value is -2.95. The molecule has 0 saturated heterocycles. The second kappa shape index (κ2) is 7.89. The molecule has 1 aromatic carbocycles. The summed E-state index contributed by atoms with van der Waals surface area (Å²) in [6, 6.07) is 12.4. The van der Waals surface area contributed by atoms with E-state index >= 15 is 0 Å². The second-order valence-electron chi connectivity index (χ2n) is 4.87. The zero-order valence-corrected chi connectivity index (χ0v) is 13.0. The average molecular weight is 309 g/mol. The van der Waals surface area contributed by atoms with E-state index < -0.39 is 0 Å². The lowest BCUT2D eigenvalue weighted by molar-refractivity contribution is 0.0953. The van der Waals surface area contributed by atoms with Gasteiger partial charge in [-0.2, -0.15) is 0 Å². The summed E-state index contributed by atoms with van der Waals surface area (Å²) in [4.78, 5) is 28.4. The molecular weight excluding hydrogens is 290 g/mol. The average Bonchev–Trinajstić information content (AvgIpc) is 2.60. The molecule has 0 fully saturated rings. The lowest BCUT2D eigenvalue weighted by Gasteiger charge is -2.10. The normalized spacial score (nSPS) is 9.96. The van der Waals surface area contributed by atoms with E-state index in [9.17, 15) is 9.59 Å². The summed E-state index contributed by atoms with van der Waals surface area (Å²) in [6.07, 6.45) is 2.39. The maximum atomic E-state index is 12.3. The fourth-order valence-corrected chi connectivity index (χ4v) is 2.08. The van der Waals surface area contributed by atoms with Crippen molar-refractivity contribution in [1.29, 1.82) is 0 Å². The van der Waals surface area contributed by atoms with Crippen molar-refractivity contribution in [3.05, 3.63) is 72.1 Å². The summed E-state index contributed by atoms with van der Waals surface area (Å²) in [5.41, 5.74) is 2.19. The van der Waals surface area contributed by atoms with Gasteiger partial charge in [0.15, 0.2) is 0 Å². The summed E-state index contributed by atoms with van der Waals surface area (Å²) < 4.78 is 0. The first-order chi connectivity index (χ1) is 11.2. The number of anilines is 1. The van der Waals surface area contributed by atoms with Crippen molar-refractivity contribution < 1.29 is 9.59 Å². The highest BCUT2D eigenvalue weighted by Crippen LogP contribution is 2.16. The van der Waals surface area contributed by atoms with E-state index in [-0.39, 0.29) is 23.2 Å². The van der Waals surface area contributed by atoms with Crippen molar-refractivity contribution in [2.45, 2.75) is 13.3 Å². The molecule has 0 aliphatic rings. The molecular formula is C18H19N3O2. The SMILES string of the molecule is C=CCNC(=O)c1cccc(C(=O)Nc2ccccc2CC)n1. The van der Waals surface area contributed by atoms with Crippen LogP contribution in [0.4, 0.5) is 5.69 Å². The number of aryl methyl sites for hydroxylation is 1. The minimum absolute atomic E-state index is 0.196. The second-order valence-corrected chi connectivity index (χ2v) is 4.87. The van der Waals surface area contributed by atoms with Crippen molar-refractivity contribution in [3.63, 3.8) is 0 Å². The van der Waals surface area contributed by atoms with Crippen molar-refractivity contribution in [3.8, 4) is 0 Å². The fourth-order valence-electron chi connectivity index (χ4n) is 2.08. The molecule has 2 amide bonds. The molecule has 1 aromatic heterocycles. The molecule has 0 spiro atoms. The topological polar surface area (TPSA) is 71.1 Å². The number of amides is 2. The highest BCUT2D eigenvalue weighted by Gasteiger charge is 2.13. The van der Waals surface area contributed by atoms with E-state index in [1.807, 2.05) is 31.2 Å². The number of nitrogens with one attached hydrogen (secondary N) is 2. The van der Waals surface area contributed by atoms with Crippen LogP contribution in [0, 0.1) is 0 Å². The van der Waals surface area contributed by atoms with Crippen LogP contribution in [0.5, 0.6) is 0 Å². The number of benzene rings is 1. The first-order valence-electron chi connectivity index (χ1n) is 7.41. The van der Waals surface area contributed by atoms with Crippen LogP contribution in [0.1, 0.15) is 33.5 Å². The number of rotatable bonds is 6. The van der Waals surface area contributed by atoms with Gasteiger partial charge in [-0.15, -0.1) is 6.58 Å². The zero-order valence-electron chi connectivity index (χ0n) is 13.0. The third kappa shape index (κ3) is 4.26. The van der Waals surface area contributed by atoms with Crippen LogP contribution in [0.25, 0.3) is 0 Å². The molecule has 0 aliphatic carbocycles. The van der Waals surface area contributed by atoms with E-state index in [1.165, 1.54) is 0 Å². The van der Waals surface area contributed by atoms with E-state index in [2.05, 4.69) is 22.2 Å². The first kappa shape index (κ1) is 16.4. The molecule has 0 unspecified atom stereocenters. The number of carbonyl (C=O) groups is 2. The lowest BCUT2D eigenvalue weighted by Crippen LogP contribution is -2.25. The molecule has 0 saturated carbocycles. The van der Waals surface area contributed by atoms with Crippen LogP contribution in [0.15, 0.2) is 55.1 Å². The molecule has 118 valence electrons. The standard InChI is InChI=1S/C18H19N3O2/c1-3-12-19-17(22)15-10-7-11-16(20-15)18(23)21-14-9-6-5-8-13(14)4-2/h3,5-11H,1,4,12H2,2H3,(H,19,22)(H,21,23). The van der Waals surface area contributed by atoms with Gasteiger partial charge >= 0.3 is 0 Å². The van der Waals surface area contributed by atoms with Crippen LogP contribution in [0.3, 0.4) is 0 Å².